The van der Waals surface area contributed by atoms with Crippen molar-refractivity contribution in [2.45, 2.75) is 51.1 Å². The molecule has 4 heterocycles. The number of aromatic amines is 1. The Morgan fingerprint density at radius 2 is 2.03 bits per heavy atom. The van der Waals surface area contributed by atoms with Crippen molar-refractivity contribution in [2.24, 2.45) is 0 Å². The van der Waals surface area contributed by atoms with Crippen molar-refractivity contribution in [1.29, 1.82) is 0 Å². The lowest BCUT2D eigenvalue weighted by Gasteiger charge is -2.31. The molecule has 0 radical (unpaired) electrons. The zero-order valence-corrected chi connectivity index (χ0v) is 21.4. The van der Waals surface area contributed by atoms with E-state index in [1.165, 1.54) is 15.0 Å². The number of aromatic nitrogens is 6. The van der Waals surface area contributed by atoms with Crippen LogP contribution in [0.1, 0.15) is 33.6 Å². The summed E-state index contributed by atoms with van der Waals surface area (Å²) in [4.78, 5) is 21.2. The minimum Gasteiger partial charge on any atom is -0.493 e. The maximum atomic E-state index is 13.5. The zero-order valence-electron chi connectivity index (χ0n) is 20.6. The second-order valence-corrected chi connectivity index (χ2v) is 10.9. The van der Waals surface area contributed by atoms with Crippen LogP contribution in [0.5, 0.6) is 5.75 Å². The zero-order chi connectivity index (χ0) is 25.4. The van der Waals surface area contributed by atoms with Crippen molar-refractivity contribution in [2.75, 3.05) is 26.2 Å². The van der Waals surface area contributed by atoms with Crippen LogP contribution in [0.25, 0.3) is 28.2 Å². The molecule has 1 aliphatic rings. The fraction of sp³-hybridized carbons (Fsp3) is 0.478. The normalized spacial score (nSPS) is 17.2. The van der Waals surface area contributed by atoms with Gasteiger partial charge in [0.15, 0.2) is 11.3 Å². The standard InChI is InChI=1S/C23H30N8O4S/c1-4-9-30-21-19(22-28-25-14-31(22)23(30)32)26-20(27-21)17-12-16(6-7-18(17)35-11-5-2)36(33,34)29-10-8-24-15(3)13-29/h6-7,12,14-15,24H,4-5,8-11,13H2,1-3H3,(H,26,27)/t15-/m0/s1. The Kier molecular flexibility index (Phi) is 6.53. The van der Waals surface area contributed by atoms with Gasteiger partial charge in [-0.15, -0.1) is 10.2 Å². The summed E-state index contributed by atoms with van der Waals surface area (Å²) < 4.78 is 37.4. The summed E-state index contributed by atoms with van der Waals surface area (Å²) >= 11 is 0. The first-order chi connectivity index (χ1) is 17.3. The molecule has 36 heavy (non-hydrogen) atoms. The average Bonchev–Trinajstić information content (AvgIpc) is 3.53. The van der Waals surface area contributed by atoms with Crippen LogP contribution >= 0.6 is 0 Å². The van der Waals surface area contributed by atoms with E-state index in [-0.39, 0.29) is 16.6 Å². The van der Waals surface area contributed by atoms with Crippen LogP contribution in [0, 0.1) is 0 Å². The minimum absolute atomic E-state index is 0.0661. The van der Waals surface area contributed by atoms with Gasteiger partial charge in [0.25, 0.3) is 0 Å². The van der Waals surface area contributed by atoms with Gasteiger partial charge in [-0.25, -0.2) is 22.6 Å². The summed E-state index contributed by atoms with van der Waals surface area (Å²) in [5.74, 6) is 0.896. The molecule has 192 valence electrons. The molecule has 0 unspecified atom stereocenters. The number of ether oxygens (including phenoxy) is 1. The number of hydrogen-bond donors (Lipinski definition) is 2. The van der Waals surface area contributed by atoms with Gasteiger partial charge in [-0.2, -0.15) is 4.31 Å². The molecule has 4 aromatic rings. The molecule has 0 spiro atoms. The van der Waals surface area contributed by atoms with E-state index in [0.717, 1.165) is 12.8 Å². The number of nitrogens with one attached hydrogen (secondary N) is 2. The van der Waals surface area contributed by atoms with E-state index < -0.39 is 10.0 Å². The highest BCUT2D eigenvalue weighted by molar-refractivity contribution is 7.89. The van der Waals surface area contributed by atoms with Gasteiger partial charge < -0.3 is 15.0 Å². The minimum atomic E-state index is -3.73. The SMILES string of the molecule is CCCOc1ccc(S(=O)(=O)N2CCN[C@@H](C)C2)cc1-c1nc2c([nH]1)c1nncn1c(=O)n2CCC. The van der Waals surface area contributed by atoms with Gasteiger partial charge in [-0.3, -0.25) is 4.57 Å². The molecule has 0 saturated carbocycles. The number of H-pyrrole nitrogens is 1. The van der Waals surface area contributed by atoms with Crippen LogP contribution in [-0.2, 0) is 16.6 Å². The molecule has 0 aliphatic carbocycles. The van der Waals surface area contributed by atoms with Crippen LogP contribution in [0.15, 0.2) is 34.2 Å². The van der Waals surface area contributed by atoms with Gasteiger partial charge in [-0.05, 0) is 38.0 Å². The van der Waals surface area contributed by atoms with Crippen molar-refractivity contribution >= 4 is 26.8 Å². The lowest BCUT2D eigenvalue weighted by molar-refractivity contribution is 0.310. The molecule has 12 nitrogen and oxygen atoms in total. The van der Waals surface area contributed by atoms with E-state index in [0.29, 0.717) is 66.7 Å². The Morgan fingerprint density at radius 3 is 2.78 bits per heavy atom. The maximum absolute atomic E-state index is 13.5. The number of aryl methyl sites for hydroxylation is 1. The predicted molar refractivity (Wildman–Crippen MR) is 135 cm³/mol. The van der Waals surface area contributed by atoms with E-state index in [4.69, 9.17) is 9.72 Å². The molecule has 13 heteroatoms. The fourth-order valence-corrected chi connectivity index (χ4v) is 6.05. The number of piperazine rings is 1. The Bertz CT molecular complexity index is 1570. The van der Waals surface area contributed by atoms with Crippen LogP contribution < -0.4 is 15.7 Å². The first-order valence-corrected chi connectivity index (χ1v) is 13.6. The smallest absolute Gasteiger partial charge is 0.336 e. The molecule has 0 bridgehead atoms. The molecular formula is C23H30N8O4S. The van der Waals surface area contributed by atoms with Gasteiger partial charge >= 0.3 is 5.69 Å². The second kappa shape index (κ2) is 9.64. The van der Waals surface area contributed by atoms with Crippen molar-refractivity contribution < 1.29 is 13.2 Å². The van der Waals surface area contributed by atoms with E-state index in [1.807, 2.05) is 20.8 Å². The van der Waals surface area contributed by atoms with Crippen LogP contribution in [0.2, 0.25) is 0 Å². The topological polar surface area (TPSA) is 140 Å². The second-order valence-electron chi connectivity index (χ2n) is 8.97. The monoisotopic (exact) mass is 514 g/mol. The molecule has 5 rings (SSSR count). The number of benzene rings is 1. The summed E-state index contributed by atoms with van der Waals surface area (Å²) in [7, 11) is -3.73. The van der Waals surface area contributed by atoms with Crippen LogP contribution in [-0.4, -0.2) is 74.1 Å². The maximum Gasteiger partial charge on any atom is 0.336 e. The Labute approximate surface area is 208 Å². The van der Waals surface area contributed by atoms with Crippen LogP contribution in [0.4, 0.5) is 0 Å². The third-order valence-corrected chi connectivity index (χ3v) is 8.09. The first kappa shape index (κ1) is 24.4. The number of nitrogens with zero attached hydrogens (tertiary/aromatic N) is 6. The van der Waals surface area contributed by atoms with Crippen molar-refractivity contribution in [3.8, 4) is 17.1 Å². The quantitative estimate of drug-likeness (QED) is 0.362. The summed E-state index contributed by atoms with van der Waals surface area (Å²) in [6, 6.07) is 4.90. The van der Waals surface area contributed by atoms with Gasteiger partial charge in [0.05, 0.1) is 17.1 Å². The molecular weight excluding hydrogens is 484 g/mol. The molecule has 1 saturated heterocycles. The number of fused-ring (bicyclic) bond motifs is 3. The Balaban J connectivity index is 1.69. The van der Waals surface area contributed by atoms with E-state index >= 15 is 0 Å². The lowest BCUT2D eigenvalue weighted by Crippen LogP contribution is -2.51. The van der Waals surface area contributed by atoms with Crippen molar-refractivity contribution in [3.63, 3.8) is 0 Å². The third-order valence-electron chi connectivity index (χ3n) is 6.23. The van der Waals surface area contributed by atoms with Gasteiger partial charge in [0.1, 0.15) is 23.4 Å². The number of imidazole rings is 1. The van der Waals surface area contributed by atoms with Crippen molar-refractivity contribution in [1.82, 2.24) is 38.8 Å². The van der Waals surface area contributed by atoms with Gasteiger partial charge in [0, 0.05) is 32.2 Å². The number of rotatable bonds is 8. The molecule has 1 aromatic carbocycles. The molecule has 0 amide bonds. The molecule has 1 fully saturated rings. The lowest BCUT2D eigenvalue weighted by atomic mass is 10.2. The predicted octanol–water partition coefficient (Wildman–Crippen LogP) is 1.62. The average molecular weight is 515 g/mol. The highest BCUT2D eigenvalue weighted by atomic mass is 32.2. The largest absolute Gasteiger partial charge is 0.493 e. The molecule has 1 atom stereocenters. The molecule has 1 aliphatic heterocycles. The van der Waals surface area contributed by atoms with Crippen LogP contribution in [0.3, 0.4) is 0 Å². The summed E-state index contributed by atoms with van der Waals surface area (Å²) in [6.07, 6.45) is 2.89. The van der Waals surface area contributed by atoms with E-state index in [1.54, 1.807) is 22.8 Å². The first-order valence-electron chi connectivity index (χ1n) is 12.2. The summed E-state index contributed by atoms with van der Waals surface area (Å²) in [5.41, 5.74) is 1.55. The molecule has 3 aromatic heterocycles. The summed E-state index contributed by atoms with van der Waals surface area (Å²) in [6.45, 7) is 8.24. The van der Waals surface area contributed by atoms with Gasteiger partial charge in [-0.1, -0.05) is 13.8 Å². The highest BCUT2D eigenvalue weighted by Gasteiger charge is 2.30. The van der Waals surface area contributed by atoms with E-state index in [9.17, 15) is 13.2 Å². The Morgan fingerprint density at radius 1 is 1.19 bits per heavy atom. The van der Waals surface area contributed by atoms with E-state index in [2.05, 4.69) is 20.5 Å². The number of sulfonamides is 1. The summed E-state index contributed by atoms with van der Waals surface area (Å²) in [5, 5.41) is 11.3. The highest BCUT2D eigenvalue weighted by Crippen LogP contribution is 2.33. The van der Waals surface area contributed by atoms with Gasteiger partial charge in [0.2, 0.25) is 10.0 Å². The molecule has 2 N–H and O–H groups in total. The van der Waals surface area contributed by atoms with Crippen molar-refractivity contribution in [3.05, 3.63) is 35.0 Å². The Hall–Kier alpha value is -3.29. The fourth-order valence-electron chi connectivity index (χ4n) is 4.49. The third kappa shape index (κ3) is 4.16. The number of hydrogen-bond acceptors (Lipinski definition) is 8.